The van der Waals surface area contributed by atoms with Crippen molar-refractivity contribution in [3.05, 3.63) is 66.2 Å². The highest BCUT2D eigenvalue weighted by Crippen LogP contribution is 2.29. The molecule has 2 heteroatoms. The maximum Gasteiger partial charge on any atom is 0.167 e. The normalized spacial score (nSPS) is 11.6. The van der Waals surface area contributed by atoms with Crippen LogP contribution in [0.1, 0.15) is 26.3 Å². The molecule has 0 aliphatic rings. The topological polar surface area (TPSA) is 26.0 Å². The molecule has 0 fully saturated rings. The Hall–Kier alpha value is -2.35. The fourth-order valence-corrected chi connectivity index (χ4v) is 2.29. The summed E-state index contributed by atoms with van der Waals surface area (Å²) in [6, 6.07) is 20.5. The largest absolute Gasteiger partial charge is 0.356 e. The first-order valence-corrected chi connectivity index (χ1v) is 7.17. The molecule has 0 unspecified atom stereocenters. The van der Waals surface area contributed by atoms with Crippen LogP contribution >= 0.6 is 0 Å². The van der Waals surface area contributed by atoms with Crippen LogP contribution in [0.3, 0.4) is 0 Å². The lowest BCUT2D eigenvalue weighted by molar-refractivity contribution is 0.435. The number of rotatable bonds is 2. The Labute approximate surface area is 125 Å². The Morgan fingerprint density at radius 2 is 1.52 bits per heavy atom. The van der Waals surface area contributed by atoms with Crippen molar-refractivity contribution in [3.8, 4) is 22.6 Å². The Morgan fingerprint density at radius 3 is 2.24 bits per heavy atom. The Balaban J connectivity index is 1.97. The standard InChI is InChI=1S/C19H19NO/c1-19(2,3)16-11-7-10-15(12-16)17-13-18(21-20-17)14-8-5-4-6-9-14/h4-13H,1-3H3. The molecule has 106 valence electrons. The summed E-state index contributed by atoms with van der Waals surface area (Å²) in [5.41, 5.74) is 4.43. The van der Waals surface area contributed by atoms with Crippen molar-refractivity contribution in [2.24, 2.45) is 0 Å². The predicted molar refractivity (Wildman–Crippen MR) is 86.1 cm³/mol. The number of nitrogens with zero attached hydrogens (tertiary/aromatic N) is 1. The van der Waals surface area contributed by atoms with Gasteiger partial charge >= 0.3 is 0 Å². The highest BCUT2D eigenvalue weighted by molar-refractivity contribution is 5.67. The average molecular weight is 277 g/mol. The van der Waals surface area contributed by atoms with Gasteiger partial charge in [0.15, 0.2) is 5.76 Å². The van der Waals surface area contributed by atoms with Crippen molar-refractivity contribution in [1.82, 2.24) is 5.16 Å². The maximum atomic E-state index is 5.48. The number of hydrogen-bond donors (Lipinski definition) is 0. The number of aromatic nitrogens is 1. The molecular formula is C19H19NO. The van der Waals surface area contributed by atoms with E-state index in [1.54, 1.807) is 0 Å². The van der Waals surface area contributed by atoms with Crippen LogP contribution in [0.15, 0.2) is 65.2 Å². The molecule has 2 nitrogen and oxygen atoms in total. The van der Waals surface area contributed by atoms with Crippen molar-refractivity contribution < 1.29 is 4.52 Å². The van der Waals surface area contributed by atoms with Gasteiger partial charge in [-0.05, 0) is 17.0 Å². The van der Waals surface area contributed by atoms with E-state index in [0.29, 0.717) is 0 Å². The molecular weight excluding hydrogens is 258 g/mol. The molecule has 0 saturated heterocycles. The molecule has 0 saturated carbocycles. The molecule has 3 rings (SSSR count). The highest BCUT2D eigenvalue weighted by Gasteiger charge is 2.15. The van der Waals surface area contributed by atoms with Gasteiger partial charge in [0, 0.05) is 17.2 Å². The molecule has 0 radical (unpaired) electrons. The van der Waals surface area contributed by atoms with Gasteiger partial charge < -0.3 is 4.52 Å². The van der Waals surface area contributed by atoms with E-state index in [1.807, 2.05) is 36.4 Å². The minimum atomic E-state index is 0.127. The average Bonchev–Trinajstić information content (AvgIpc) is 2.97. The van der Waals surface area contributed by atoms with Crippen molar-refractivity contribution >= 4 is 0 Å². The number of benzene rings is 2. The van der Waals surface area contributed by atoms with E-state index in [9.17, 15) is 0 Å². The molecule has 0 amide bonds. The van der Waals surface area contributed by atoms with Gasteiger partial charge in [-0.1, -0.05) is 74.5 Å². The van der Waals surface area contributed by atoms with E-state index in [2.05, 4.69) is 50.2 Å². The molecule has 0 spiro atoms. The van der Waals surface area contributed by atoms with Crippen molar-refractivity contribution in [2.45, 2.75) is 26.2 Å². The lowest BCUT2D eigenvalue weighted by Crippen LogP contribution is -2.10. The predicted octanol–water partition coefficient (Wildman–Crippen LogP) is 5.31. The second kappa shape index (κ2) is 5.21. The van der Waals surface area contributed by atoms with Crippen molar-refractivity contribution in [3.63, 3.8) is 0 Å². The fraction of sp³-hybridized carbons (Fsp3) is 0.211. The molecule has 2 aromatic carbocycles. The van der Waals surface area contributed by atoms with Crippen LogP contribution in [0.5, 0.6) is 0 Å². The zero-order valence-corrected chi connectivity index (χ0v) is 12.6. The summed E-state index contributed by atoms with van der Waals surface area (Å²) in [6.45, 7) is 6.64. The van der Waals surface area contributed by atoms with Crippen LogP contribution in [0, 0.1) is 0 Å². The van der Waals surface area contributed by atoms with Crippen LogP contribution in [0.25, 0.3) is 22.6 Å². The summed E-state index contributed by atoms with van der Waals surface area (Å²) in [4.78, 5) is 0. The molecule has 0 aliphatic carbocycles. The Bertz CT molecular complexity index is 736. The van der Waals surface area contributed by atoms with Crippen LogP contribution in [0.4, 0.5) is 0 Å². The van der Waals surface area contributed by atoms with Crippen molar-refractivity contribution in [1.29, 1.82) is 0 Å². The first-order chi connectivity index (χ1) is 10.0. The first kappa shape index (κ1) is 13.6. The summed E-state index contributed by atoms with van der Waals surface area (Å²) in [7, 11) is 0. The summed E-state index contributed by atoms with van der Waals surface area (Å²) in [5, 5.41) is 4.21. The van der Waals surface area contributed by atoms with E-state index in [1.165, 1.54) is 5.56 Å². The van der Waals surface area contributed by atoms with Gasteiger partial charge in [0.1, 0.15) is 5.69 Å². The van der Waals surface area contributed by atoms with Crippen molar-refractivity contribution in [2.75, 3.05) is 0 Å². The SMILES string of the molecule is CC(C)(C)c1cccc(-c2cc(-c3ccccc3)on2)c1. The van der Waals surface area contributed by atoms with Gasteiger partial charge in [-0.2, -0.15) is 0 Å². The third-order valence-corrected chi connectivity index (χ3v) is 3.59. The molecule has 1 heterocycles. The first-order valence-electron chi connectivity index (χ1n) is 7.17. The molecule has 0 atom stereocenters. The minimum Gasteiger partial charge on any atom is -0.356 e. The van der Waals surface area contributed by atoms with E-state index in [0.717, 1.165) is 22.6 Å². The highest BCUT2D eigenvalue weighted by atomic mass is 16.5. The molecule has 0 aliphatic heterocycles. The van der Waals surface area contributed by atoms with Gasteiger partial charge in [0.2, 0.25) is 0 Å². The van der Waals surface area contributed by atoms with E-state index in [4.69, 9.17) is 4.52 Å². The van der Waals surface area contributed by atoms with Crippen LogP contribution in [-0.2, 0) is 5.41 Å². The molecule has 21 heavy (non-hydrogen) atoms. The third-order valence-electron chi connectivity index (χ3n) is 3.59. The molecule has 0 N–H and O–H groups in total. The van der Waals surface area contributed by atoms with E-state index >= 15 is 0 Å². The summed E-state index contributed by atoms with van der Waals surface area (Å²) in [5.74, 6) is 0.798. The summed E-state index contributed by atoms with van der Waals surface area (Å²) >= 11 is 0. The summed E-state index contributed by atoms with van der Waals surface area (Å²) < 4.78 is 5.48. The van der Waals surface area contributed by atoms with Gasteiger partial charge in [-0.3, -0.25) is 0 Å². The van der Waals surface area contributed by atoms with Crippen LogP contribution < -0.4 is 0 Å². The summed E-state index contributed by atoms with van der Waals surface area (Å²) in [6.07, 6.45) is 0. The third kappa shape index (κ3) is 2.89. The zero-order chi connectivity index (χ0) is 14.9. The van der Waals surface area contributed by atoms with Crippen LogP contribution in [0.2, 0.25) is 0 Å². The van der Waals surface area contributed by atoms with E-state index in [-0.39, 0.29) is 5.41 Å². The monoisotopic (exact) mass is 277 g/mol. The van der Waals surface area contributed by atoms with Gasteiger partial charge in [-0.15, -0.1) is 0 Å². The molecule has 0 bridgehead atoms. The Morgan fingerprint density at radius 1 is 0.810 bits per heavy atom. The maximum absolute atomic E-state index is 5.48. The quantitative estimate of drug-likeness (QED) is 0.634. The van der Waals surface area contributed by atoms with E-state index < -0.39 is 0 Å². The van der Waals surface area contributed by atoms with Gasteiger partial charge in [0.25, 0.3) is 0 Å². The Kier molecular flexibility index (Phi) is 3.38. The lowest BCUT2D eigenvalue weighted by Gasteiger charge is -2.19. The van der Waals surface area contributed by atoms with Gasteiger partial charge in [-0.25, -0.2) is 0 Å². The lowest BCUT2D eigenvalue weighted by atomic mass is 9.86. The zero-order valence-electron chi connectivity index (χ0n) is 12.6. The minimum absolute atomic E-state index is 0.127. The van der Waals surface area contributed by atoms with Crippen LogP contribution in [-0.4, -0.2) is 5.16 Å². The molecule has 1 aromatic heterocycles. The second-order valence-corrected chi connectivity index (χ2v) is 6.27. The smallest absolute Gasteiger partial charge is 0.167 e. The van der Waals surface area contributed by atoms with Gasteiger partial charge in [0.05, 0.1) is 0 Å². The second-order valence-electron chi connectivity index (χ2n) is 6.27. The number of hydrogen-bond acceptors (Lipinski definition) is 2. The molecule has 3 aromatic rings. The fourth-order valence-electron chi connectivity index (χ4n) is 2.29.